The molecule has 1 aromatic carbocycles. The van der Waals surface area contributed by atoms with Gasteiger partial charge < -0.3 is 41.7 Å². The van der Waals surface area contributed by atoms with E-state index in [9.17, 15) is 34.8 Å². The van der Waals surface area contributed by atoms with E-state index in [0.29, 0.717) is 22.8 Å². The van der Waals surface area contributed by atoms with Crippen LogP contribution in [0.3, 0.4) is 0 Å². The maximum atomic E-state index is 14.1. The molecule has 4 atom stereocenters. The summed E-state index contributed by atoms with van der Waals surface area (Å²) in [6.45, 7) is 1.62. The van der Waals surface area contributed by atoms with Gasteiger partial charge in [0.1, 0.15) is 22.8 Å². The Morgan fingerprint density at radius 2 is 1.74 bits per heavy atom. The second-order valence-corrected chi connectivity index (χ2v) is 12.3. The number of hydrogen-bond donors (Lipinski definition) is 6. The molecule has 0 spiro atoms. The summed E-state index contributed by atoms with van der Waals surface area (Å²) >= 11 is 0. The van der Waals surface area contributed by atoms with Crippen molar-refractivity contribution >= 4 is 34.9 Å². The normalized spacial score (nSPS) is 27.7. The Kier molecular flexibility index (Phi) is 7.68. The van der Waals surface area contributed by atoms with Crippen LogP contribution in [0.2, 0.25) is 0 Å². The van der Waals surface area contributed by atoms with E-state index in [1.165, 1.54) is 4.90 Å². The monoisotopic (exact) mass is 596 g/mol. The van der Waals surface area contributed by atoms with Crippen molar-refractivity contribution < 1.29 is 34.8 Å². The zero-order chi connectivity index (χ0) is 31.5. The van der Waals surface area contributed by atoms with E-state index in [4.69, 9.17) is 11.5 Å². The molecule has 43 heavy (non-hydrogen) atoms. The maximum Gasteiger partial charge on any atom is 0.255 e. The lowest BCUT2D eigenvalue weighted by atomic mass is 9.57. The molecule has 0 radical (unpaired) electrons. The van der Waals surface area contributed by atoms with E-state index in [0.717, 1.165) is 32.4 Å². The number of carbonyl (C=O) groups excluding carboxylic acids is 3. The van der Waals surface area contributed by atoms with Gasteiger partial charge in [0.05, 0.1) is 18.2 Å². The van der Waals surface area contributed by atoms with Crippen molar-refractivity contribution in [2.24, 2.45) is 28.3 Å². The minimum atomic E-state index is -2.69. The predicted molar refractivity (Wildman–Crippen MR) is 159 cm³/mol. The number of rotatable bonds is 5. The van der Waals surface area contributed by atoms with Crippen LogP contribution in [0.15, 0.2) is 28.0 Å². The molecule has 13 heteroatoms. The van der Waals surface area contributed by atoms with Gasteiger partial charge in [0, 0.05) is 49.9 Å². The van der Waals surface area contributed by atoms with Crippen LogP contribution in [0, 0.1) is 11.8 Å². The first kappa shape index (κ1) is 30.4. The van der Waals surface area contributed by atoms with Gasteiger partial charge in [0.15, 0.2) is 17.3 Å². The van der Waals surface area contributed by atoms with Crippen LogP contribution in [-0.2, 0) is 27.3 Å². The van der Waals surface area contributed by atoms with Crippen LogP contribution >= 0.6 is 0 Å². The standard InChI is InChI=1S/C30H40N6O7/c1-34(2)18-12-15(13-33-29(32)36-8-6-5-7-9-36)23(37)20-16(18)10-14-11-17-22(35(3)4)25(39)21(28(31)42)27(41)30(17,43)26(40)19(14)24(20)38/h12,14,17,22,37-38,41,43H,5-11,13H2,1-4H3,(H2,31,42)(H2,32,33)/t14?,17?,22-,30-/m0/s1. The molecule has 1 heterocycles. The number of likely N-dealkylation sites (tertiary alicyclic amines) is 1. The third kappa shape index (κ3) is 4.61. The van der Waals surface area contributed by atoms with Crippen molar-refractivity contribution in [1.29, 1.82) is 0 Å². The first-order chi connectivity index (χ1) is 20.2. The third-order valence-corrected chi connectivity index (χ3v) is 9.35. The number of hydrogen-bond acceptors (Lipinski definition) is 10. The lowest BCUT2D eigenvalue weighted by Crippen LogP contribution is -2.65. The number of piperidine rings is 1. The van der Waals surface area contributed by atoms with Gasteiger partial charge >= 0.3 is 0 Å². The Bertz CT molecular complexity index is 1490. The number of fused-ring (bicyclic) bond motifs is 3. The molecule has 5 rings (SSSR count). The van der Waals surface area contributed by atoms with Crippen LogP contribution in [-0.4, -0.2) is 107 Å². The summed E-state index contributed by atoms with van der Waals surface area (Å²) in [5.74, 6) is -6.45. The maximum absolute atomic E-state index is 14.1. The third-order valence-electron chi connectivity index (χ3n) is 9.35. The minimum absolute atomic E-state index is 0.0202. The highest BCUT2D eigenvalue weighted by atomic mass is 16.3. The molecule has 0 bridgehead atoms. The van der Waals surface area contributed by atoms with Gasteiger partial charge in [0.25, 0.3) is 5.91 Å². The van der Waals surface area contributed by atoms with Gasteiger partial charge in [-0.2, -0.15) is 0 Å². The first-order valence-corrected chi connectivity index (χ1v) is 14.5. The number of aliphatic hydroxyl groups excluding tert-OH is 2. The van der Waals surface area contributed by atoms with Crippen molar-refractivity contribution in [2.45, 2.75) is 50.3 Å². The molecular weight excluding hydrogens is 556 g/mol. The van der Waals surface area contributed by atoms with Crippen molar-refractivity contribution in [1.82, 2.24) is 9.80 Å². The smallest absolute Gasteiger partial charge is 0.255 e. The number of carbonyl (C=O) groups is 3. The van der Waals surface area contributed by atoms with Crippen LogP contribution in [0.5, 0.6) is 5.75 Å². The fourth-order valence-corrected chi connectivity index (χ4v) is 7.25. The number of nitrogens with two attached hydrogens (primary N) is 2. The zero-order valence-electron chi connectivity index (χ0n) is 24.9. The number of aliphatic hydroxyl groups is 3. The summed E-state index contributed by atoms with van der Waals surface area (Å²) < 4.78 is 0. The van der Waals surface area contributed by atoms with Crippen molar-refractivity contribution in [2.75, 3.05) is 46.2 Å². The number of phenols is 1. The average molecular weight is 597 g/mol. The number of ketones is 2. The van der Waals surface area contributed by atoms with Gasteiger partial charge in [-0.3, -0.25) is 19.3 Å². The van der Waals surface area contributed by atoms with Crippen molar-refractivity contribution in [3.8, 4) is 5.75 Å². The molecule has 1 aromatic rings. The fraction of sp³-hybridized carbons (Fsp3) is 0.533. The molecule has 0 aromatic heterocycles. The van der Waals surface area contributed by atoms with E-state index in [-0.39, 0.29) is 36.3 Å². The Balaban J connectivity index is 1.64. The summed E-state index contributed by atoms with van der Waals surface area (Å²) in [4.78, 5) is 49.4. The highest BCUT2D eigenvalue weighted by Crippen LogP contribution is 2.54. The predicted octanol–water partition coefficient (Wildman–Crippen LogP) is 0.331. The van der Waals surface area contributed by atoms with Gasteiger partial charge in [-0.1, -0.05) is 0 Å². The number of primary amides is 1. The zero-order valence-corrected chi connectivity index (χ0v) is 24.9. The second kappa shape index (κ2) is 10.9. The molecule has 2 unspecified atom stereocenters. The van der Waals surface area contributed by atoms with Crippen LogP contribution in [0.4, 0.5) is 5.69 Å². The number of aromatic hydroxyl groups is 1. The number of Topliss-reactive ketones (excluding diaryl/α,β-unsaturated/α-hetero) is 2. The number of guanidine groups is 1. The average Bonchev–Trinajstić information content (AvgIpc) is 2.94. The summed E-state index contributed by atoms with van der Waals surface area (Å²) in [6.07, 6.45) is 3.40. The van der Waals surface area contributed by atoms with Gasteiger partial charge in [0.2, 0.25) is 5.78 Å². The van der Waals surface area contributed by atoms with Gasteiger partial charge in [-0.25, -0.2) is 4.99 Å². The molecule has 1 saturated heterocycles. The molecule has 1 saturated carbocycles. The second-order valence-electron chi connectivity index (χ2n) is 12.3. The Labute approximate surface area is 249 Å². The van der Waals surface area contributed by atoms with Crippen LogP contribution in [0.25, 0.3) is 5.76 Å². The van der Waals surface area contributed by atoms with E-state index < -0.39 is 58.0 Å². The Morgan fingerprint density at radius 3 is 2.33 bits per heavy atom. The Morgan fingerprint density at radius 1 is 1.09 bits per heavy atom. The molecular formula is C30H40N6O7. The quantitative estimate of drug-likeness (QED) is 0.155. The minimum Gasteiger partial charge on any atom is -0.508 e. The summed E-state index contributed by atoms with van der Waals surface area (Å²) in [5.41, 5.74) is 9.61. The number of amides is 1. The fourth-order valence-electron chi connectivity index (χ4n) is 7.25. The van der Waals surface area contributed by atoms with E-state index >= 15 is 0 Å². The largest absolute Gasteiger partial charge is 0.508 e. The molecule has 2 fully saturated rings. The SMILES string of the molecule is CN(C)c1cc(CN=C(N)N2CCCCC2)c(O)c2c1CC1CC3[C@H](N(C)C)C(=O)C(C(N)=O)=C(O)[C@@]3(O)C(=O)C1=C2O. The van der Waals surface area contributed by atoms with Crippen LogP contribution < -0.4 is 16.4 Å². The van der Waals surface area contributed by atoms with E-state index in [2.05, 4.69) is 4.99 Å². The number of anilines is 1. The Hall–Kier alpha value is -4.10. The highest BCUT2D eigenvalue weighted by molar-refractivity contribution is 6.24. The molecule has 13 nitrogen and oxygen atoms in total. The molecule has 8 N–H and O–H groups in total. The first-order valence-electron chi connectivity index (χ1n) is 14.5. The molecule has 1 amide bonds. The van der Waals surface area contributed by atoms with Crippen molar-refractivity contribution in [3.63, 3.8) is 0 Å². The summed E-state index contributed by atoms with van der Waals surface area (Å²) in [7, 11) is 6.77. The molecule has 4 aliphatic rings. The lowest BCUT2D eigenvalue weighted by Gasteiger charge is -2.50. The number of phenolic OH excluding ortho intramolecular Hbond substituents is 1. The van der Waals surface area contributed by atoms with E-state index in [1.54, 1.807) is 20.2 Å². The lowest BCUT2D eigenvalue weighted by molar-refractivity contribution is -0.153. The van der Waals surface area contributed by atoms with Gasteiger partial charge in [-0.15, -0.1) is 0 Å². The highest BCUT2D eigenvalue weighted by Gasteiger charge is 2.64. The molecule has 1 aliphatic heterocycles. The number of aliphatic imine (C=N–C) groups is 1. The van der Waals surface area contributed by atoms with Gasteiger partial charge in [-0.05, 0) is 63.7 Å². The topological polar surface area (TPSA) is 206 Å². The van der Waals surface area contributed by atoms with E-state index in [1.807, 2.05) is 23.9 Å². The van der Waals surface area contributed by atoms with Crippen molar-refractivity contribution in [3.05, 3.63) is 39.7 Å². The summed E-state index contributed by atoms with van der Waals surface area (Å²) in [5, 5.41) is 45.9. The van der Waals surface area contributed by atoms with Crippen LogP contribution in [0.1, 0.15) is 42.4 Å². The number of benzene rings is 1. The number of likely N-dealkylation sites (N-methyl/N-ethyl adjacent to an activating group) is 1. The number of nitrogens with zero attached hydrogens (tertiary/aromatic N) is 4. The molecule has 232 valence electrons. The summed E-state index contributed by atoms with van der Waals surface area (Å²) in [6, 6.07) is 0.644. The molecule has 3 aliphatic carbocycles.